The van der Waals surface area contributed by atoms with E-state index in [-0.39, 0.29) is 10.9 Å². The van der Waals surface area contributed by atoms with Gasteiger partial charge in [-0.1, -0.05) is 19.4 Å². The molecule has 6 heteroatoms. The number of sulfonamides is 1. The van der Waals surface area contributed by atoms with E-state index in [1.807, 2.05) is 13.8 Å². The zero-order chi connectivity index (χ0) is 14.6. The molecule has 2 N–H and O–H groups in total. The van der Waals surface area contributed by atoms with Gasteiger partial charge in [0.05, 0.1) is 4.90 Å². The van der Waals surface area contributed by atoms with Gasteiger partial charge >= 0.3 is 0 Å². The highest BCUT2D eigenvalue weighted by atomic mass is 79.9. The van der Waals surface area contributed by atoms with Gasteiger partial charge in [0.15, 0.2) is 0 Å². The van der Waals surface area contributed by atoms with E-state index in [2.05, 4.69) is 15.9 Å². The Labute approximate surface area is 124 Å². The van der Waals surface area contributed by atoms with Crippen molar-refractivity contribution in [2.45, 2.75) is 44.2 Å². The van der Waals surface area contributed by atoms with Crippen molar-refractivity contribution in [3.63, 3.8) is 0 Å². The van der Waals surface area contributed by atoms with Gasteiger partial charge < -0.3 is 5.73 Å². The molecular weight excluding hydrogens is 328 g/mol. The van der Waals surface area contributed by atoms with Crippen LogP contribution in [0.1, 0.15) is 32.3 Å². The molecule has 108 valence electrons. The molecule has 19 heavy (non-hydrogen) atoms. The number of halogens is 1. The van der Waals surface area contributed by atoms with Crippen molar-refractivity contribution >= 4 is 26.0 Å². The summed E-state index contributed by atoms with van der Waals surface area (Å²) in [5.74, 6) is 0. The third-order valence-corrected chi connectivity index (χ3v) is 6.16. The SMILES string of the molecule is CCCC(C)N(C)S(=O)(=O)c1ccc(CN)cc1Br. The van der Waals surface area contributed by atoms with E-state index in [1.165, 1.54) is 4.31 Å². The van der Waals surface area contributed by atoms with Gasteiger partial charge in [0, 0.05) is 24.1 Å². The molecule has 0 aliphatic heterocycles. The van der Waals surface area contributed by atoms with Crippen LogP contribution in [0.5, 0.6) is 0 Å². The molecule has 1 rings (SSSR count). The van der Waals surface area contributed by atoms with Gasteiger partial charge in [0.1, 0.15) is 0 Å². The number of rotatable bonds is 6. The lowest BCUT2D eigenvalue weighted by atomic mass is 10.2. The molecule has 1 atom stereocenters. The van der Waals surface area contributed by atoms with Crippen LogP contribution in [0, 0.1) is 0 Å². The summed E-state index contributed by atoms with van der Waals surface area (Å²) in [5, 5.41) is 0. The van der Waals surface area contributed by atoms with Gasteiger partial charge in [-0.2, -0.15) is 4.31 Å². The maximum atomic E-state index is 12.5. The maximum Gasteiger partial charge on any atom is 0.244 e. The lowest BCUT2D eigenvalue weighted by Crippen LogP contribution is -2.35. The average Bonchev–Trinajstić information content (AvgIpc) is 2.37. The Morgan fingerprint density at radius 3 is 2.53 bits per heavy atom. The van der Waals surface area contributed by atoms with E-state index in [1.54, 1.807) is 25.2 Å². The molecule has 0 spiro atoms. The highest BCUT2D eigenvalue weighted by molar-refractivity contribution is 9.10. The quantitative estimate of drug-likeness (QED) is 0.859. The monoisotopic (exact) mass is 348 g/mol. The zero-order valence-corrected chi connectivity index (χ0v) is 14.0. The van der Waals surface area contributed by atoms with Crippen molar-refractivity contribution in [2.24, 2.45) is 5.73 Å². The molecule has 4 nitrogen and oxygen atoms in total. The normalized spacial score (nSPS) is 13.8. The predicted octanol–water partition coefficient (Wildman–Crippen LogP) is 2.72. The van der Waals surface area contributed by atoms with Crippen LogP contribution in [0.3, 0.4) is 0 Å². The van der Waals surface area contributed by atoms with E-state index < -0.39 is 10.0 Å². The van der Waals surface area contributed by atoms with Crippen LogP contribution in [0.2, 0.25) is 0 Å². The summed E-state index contributed by atoms with van der Waals surface area (Å²) < 4.78 is 27.1. The summed E-state index contributed by atoms with van der Waals surface area (Å²) in [7, 11) is -1.85. The number of hydrogen-bond donors (Lipinski definition) is 1. The second-order valence-corrected chi connectivity index (χ2v) is 7.45. The molecule has 0 saturated carbocycles. The molecule has 0 radical (unpaired) electrons. The van der Waals surface area contributed by atoms with Crippen LogP contribution in [-0.4, -0.2) is 25.8 Å². The Morgan fingerprint density at radius 1 is 1.42 bits per heavy atom. The van der Waals surface area contributed by atoms with Crippen LogP contribution >= 0.6 is 15.9 Å². The average molecular weight is 349 g/mol. The van der Waals surface area contributed by atoms with Crippen molar-refractivity contribution in [3.8, 4) is 0 Å². The van der Waals surface area contributed by atoms with E-state index in [4.69, 9.17) is 5.73 Å². The summed E-state index contributed by atoms with van der Waals surface area (Å²) in [6.45, 7) is 4.35. The summed E-state index contributed by atoms with van der Waals surface area (Å²) >= 11 is 3.32. The summed E-state index contributed by atoms with van der Waals surface area (Å²) in [6.07, 6.45) is 1.79. The van der Waals surface area contributed by atoms with Gasteiger partial charge in [0.2, 0.25) is 10.0 Å². The highest BCUT2D eigenvalue weighted by Gasteiger charge is 2.26. The first-order valence-corrected chi connectivity index (χ1v) is 8.54. The first-order valence-electron chi connectivity index (χ1n) is 6.31. The molecular formula is C13H21BrN2O2S. The van der Waals surface area contributed by atoms with E-state index >= 15 is 0 Å². The summed E-state index contributed by atoms with van der Waals surface area (Å²) in [6, 6.07) is 5.09. The van der Waals surface area contributed by atoms with E-state index in [9.17, 15) is 8.42 Å². The Balaban J connectivity index is 3.13. The minimum Gasteiger partial charge on any atom is -0.326 e. The largest absolute Gasteiger partial charge is 0.326 e. The van der Waals surface area contributed by atoms with Gasteiger partial charge in [-0.15, -0.1) is 0 Å². The Hall–Kier alpha value is -0.430. The number of benzene rings is 1. The Morgan fingerprint density at radius 2 is 2.05 bits per heavy atom. The molecule has 0 aromatic heterocycles. The predicted molar refractivity (Wildman–Crippen MR) is 81.4 cm³/mol. The molecule has 0 aliphatic carbocycles. The zero-order valence-electron chi connectivity index (χ0n) is 11.6. The topological polar surface area (TPSA) is 63.4 Å². The first kappa shape index (κ1) is 16.6. The fraction of sp³-hybridized carbons (Fsp3) is 0.538. The fourth-order valence-corrected chi connectivity index (χ4v) is 4.35. The molecule has 0 fully saturated rings. The lowest BCUT2D eigenvalue weighted by molar-refractivity contribution is 0.368. The van der Waals surface area contributed by atoms with Crippen LogP contribution in [0.25, 0.3) is 0 Å². The molecule has 0 heterocycles. The van der Waals surface area contributed by atoms with Crippen molar-refractivity contribution < 1.29 is 8.42 Å². The first-order chi connectivity index (χ1) is 8.84. The maximum absolute atomic E-state index is 12.5. The molecule has 0 saturated heterocycles. The van der Waals surface area contributed by atoms with Crippen LogP contribution < -0.4 is 5.73 Å². The minimum atomic E-state index is -3.47. The second-order valence-electron chi connectivity index (χ2n) is 4.63. The smallest absolute Gasteiger partial charge is 0.244 e. The van der Waals surface area contributed by atoms with Crippen molar-refractivity contribution in [1.82, 2.24) is 4.31 Å². The van der Waals surface area contributed by atoms with Gasteiger partial charge in [-0.3, -0.25) is 0 Å². The number of hydrogen-bond acceptors (Lipinski definition) is 3. The molecule has 1 aromatic carbocycles. The van der Waals surface area contributed by atoms with Crippen molar-refractivity contribution in [2.75, 3.05) is 7.05 Å². The van der Waals surface area contributed by atoms with Crippen molar-refractivity contribution in [3.05, 3.63) is 28.2 Å². The number of nitrogens with zero attached hydrogens (tertiary/aromatic N) is 1. The number of nitrogens with two attached hydrogens (primary N) is 1. The highest BCUT2D eigenvalue weighted by Crippen LogP contribution is 2.27. The third-order valence-electron chi connectivity index (χ3n) is 3.22. The molecule has 1 unspecified atom stereocenters. The lowest BCUT2D eigenvalue weighted by Gasteiger charge is -2.24. The third kappa shape index (κ3) is 3.78. The van der Waals surface area contributed by atoms with Crippen LogP contribution in [-0.2, 0) is 16.6 Å². The second kappa shape index (κ2) is 6.83. The van der Waals surface area contributed by atoms with E-state index in [0.29, 0.717) is 11.0 Å². The van der Waals surface area contributed by atoms with Crippen molar-refractivity contribution in [1.29, 1.82) is 0 Å². The summed E-state index contributed by atoms with van der Waals surface area (Å²) in [5.41, 5.74) is 6.44. The van der Waals surface area contributed by atoms with E-state index in [0.717, 1.165) is 18.4 Å². The molecule has 0 bridgehead atoms. The van der Waals surface area contributed by atoms with Gasteiger partial charge in [0.25, 0.3) is 0 Å². The molecule has 0 aliphatic rings. The van der Waals surface area contributed by atoms with Crippen LogP contribution in [0.15, 0.2) is 27.6 Å². The fourth-order valence-electron chi connectivity index (χ4n) is 1.87. The standard InChI is InChI=1S/C13H21BrN2O2S/c1-4-5-10(2)16(3)19(17,18)13-7-6-11(9-15)8-12(13)14/h6-8,10H,4-5,9,15H2,1-3H3. The Kier molecular flexibility index (Phi) is 5.98. The Bertz CT molecular complexity index is 531. The minimum absolute atomic E-state index is 0.0175. The van der Waals surface area contributed by atoms with Gasteiger partial charge in [-0.05, 0) is 47.0 Å². The molecule has 1 aromatic rings. The van der Waals surface area contributed by atoms with Gasteiger partial charge in [-0.25, -0.2) is 8.42 Å². The molecule has 0 amide bonds. The summed E-state index contributed by atoms with van der Waals surface area (Å²) in [4.78, 5) is 0.287. The van der Waals surface area contributed by atoms with Crippen LogP contribution in [0.4, 0.5) is 0 Å².